The van der Waals surface area contributed by atoms with Gasteiger partial charge in [0.05, 0.1) is 0 Å². The zero-order chi connectivity index (χ0) is 9.23. The molecule has 4 nitrogen and oxygen atoms in total. The number of nitrogens with one attached hydrogen (secondary N) is 2. The lowest BCUT2D eigenvalue weighted by Gasteiger charge is -2.16. The molecule has 0 fully saturated rings. The highest BCUT2D eigenvalue weighted by atomic mass is 15.3. The Labute approximate surface area is 74.8 Å². The third kappa shape index (κ3) is 6.15. The molecule has 0 radical (unpaired) electrons. The Hall–Kier alpha value is -0.580. The largest absolute Gasteiger partial charge is 0.329 e. The molecule has 12 heavy (non-hydrogen) atoms. The summed E-state index contributed by atoms with van der Waals surface area (Å²) in [5.74, 6) is 0. The number of nitrogens with two attached hydrogens (primary N) is 1. The van der Waals surface area contributed by atoms with E-state index in [-0.39, 0.29) is 0 Å². The highest BCUT2D eigenvalue weighted by Crippen LogP contribution is 1.85. The zero-order valence-corrected chi connectivity index (χ0v) is 8.01. The van der Waals surface area contributed by atoms with E-state index in [2.05, 4.69) is 28.8 Å². The maximum Gasteiger partial charge on any atom is 0.0181 e. The molecule has 0 aromatic heterocycles. The van der Waals surface area contributed by atoms with Gasteiger partial charge < -0.3 is 11.2 Å². The van der Waals surface area contributed by atoms with Crippen molar-refractivity contribution in [3.05, 3.63) is 12.3 Å². The summed E-state index contributed by atoms with van der Waals surface area (Å²) in [7, 11) is 1.84. The summed E-state index contributed by atoms with van der Waals surface area (Å²) in [6.45, 7) is 5.81. The van der Waals surface area contributed by atoms with E-state index in [4.69, 9.17) is 5.73 Å². The Kier molecular flexibility index (Phi) is 8.10. The molecule has 0 aromatic rings. The molecule has 0 spiro atoms. The van der Waals surface area contributed by atoms with Crippen LogP contribution in [0.15, 0.2) is 12.3 Å². The average molecular weight is 172 g/mol. The summed E-state index contributed by atoms with van der Waals surface area (Å²) >= 11 is 0. The van der Waals surface area contributed by atoms with Gasteiger partial charge in [0.15, 0.2) is 0 Å². The molecule has 0 rings (SSSR count). The fourth-order valence-corrected chi connectivity index (χ4v) is 0.905. The second kappa shape index (κ2) is 8.52. The molecule has 0 amide bonds. The number of hydrogen-bond acceptors (Lipinski definition) is 4. The van der Waals surface area contributed by atoms with Crippen LogP contribution in [0.1, 0.15) is 6.92 Å². The van der Waals surface area contributed by atoms with Crippen molar-refractivity contribution >= 4 is 0 Å². The van der Waals surface area contributed by atoms with Crippen LogP contribution in [-0.4, -0.2) is 38.1 Å². The maximum absolute atomic E-state index is 5.44. The Morgan fingerprint density at radius 1 is 1.50 bits per heavy atom. The minimum absolute atomic E-state index is 0.723. The number of hydrazine groups is 1. The summed E-state index contributed by atoms with van der Waals surface area (Å²) in [5, 5.41) is 0. The molecule has 0 atom stereocenters. The highest BCUT2D eigenvalue weighted by molar-refractivity contribution is 4.81. The molecule has 0 saturated heterocycles. The summed E-state index contributed by atoms with van der Waals surface area (Å²) in [5.41, 5.74) is 11.1. The predicted octanol–water partition coefficient (Wildman–Crippen LogP) is -0.495. The lowest BCUT2D eigenvalue weighted by Crippen LogP contribution is -2.30. The number of likely N-dealkylation sites (N-methyl/N-ethyl adjacent to an activating group) is 1. The van der Waals surface area contributed by atoms with Gasteiger partial charge in [0.2, 0.25) is 0 Å². The number of rotatable bonds is 7. The Morgan fingerprint density at radius 3 is 2.75 bits per heavy atom. The van der Waals surface area contributed by atoms with Crippen LogP contribution < -0.4 is 16.6 Å². The Bertz CT molecular complexity index is 114. The first-order chi connectivity index (χ1) is 5.85. The molecular weight excluding hydrogens is 152 g/mol. The van der Waals surface area contributed by atoms with Gasteiger partial charge in [-0.1, -0.05) is 13.0 Å². The van der Waals surface area contributed by atoms with Crippen molar-refractivity contribution in [2.45, 2.75) is 6.92 Å². The fraction of sp³-hybridized carbons (Fsp3) is 0.750. The fourth-order valence-electron chi connectivity index (χ4n) is 0.905. The monoisotopic (exact) mass is 172 g/mol. The SMILES string of the molecule is CCN(C/C=C/NNC)CCN. The van der Waals surface area contributed by atoms with Gasteiger partial charge in [-0.05, 0) is 6.54 Å². The van der Waals surface area contributed by atoms with E-state index in [0.717, 1.165) is 26.2 Å². The molecule has 0 aliphatic carbocycles. The minimum Gasteiger partial charge on any atom is -0.329 e. The van der Waals surface area contributed by atoms with Gasteiger partial charge in [0.25, 0.3) is 0 Å². The van der Waals surface area contributed by atoms with E-state index in [1.165, 1.54) is 0 Å². The van der Waals surface area contributed by atoms with Crippen LogP contribution in [0, 0.1) is 0 Å². The van der Waals surface area contributed by atoms with Gasteiger partial charge in [-0.3, -0.25) is 4.90 Å². The van der Waals surface area contributed by atoms with Gasteiger partial charge >= 0.3 is 0 Å². The van der Waals surface area contributed by atoms with Crippen molar-refractivity contribution in [2.24, 2.45) is 5.73 Å². The summed E-state index contributed by atoms with van der Waals surface area (Å²) in [6, 6.07) is 0. The van der Waals surface area contributed by atoms with E-state index in [1.54, 1.807) is 0 Å². The van der Waals surface area contributed by atoms with Gasteiger partial charge in [-0.2, -0.15) is 0 Å². The zero-order valence-electron chi connectivity index (χ0n) is 8.01. The van der Waals surface area contributed by atoms with Gasteiger partial charge in [0.1, 0.15) is 0 Å². The maximum atomic E-state index is 5.44. The minimum atomic E-state index is 0.723. The van der Waals surface area contributed by atoms with Crippen LogP contribution in [0.4, 0.5) is 0 Å². The molecule has 0 aliphatic heterocycles. The van der Waals surface area contributed by atoms with Gasteiger partial charge in [0, 0.05) is 32.9 Å². The number of nitrogens with zero attached hydrogens (tertiary/aromatic N) is 1. The second-order valence-corrected chi connectivity index (χ2v) is 2.48. The van der Waals surface area contributed by atoms with Crippen LogP contribution in [0.3, 0.4) is 0 Å². The lowest BCUT2D eigenvalue weighted by atomic mass is 10.4. The van der Waals surface area contributed by atoms with Gasteiger partial charge in [-0.25, -0.2) is 5.43 Å². The molecule has 0 saturated carbocycles. The predicted molar refractivity (Wildman–Crippen MR) is 52.5 cm³/mol. The third-order valence-corrected chi connectivity index (χ3v) is 1.60. The Balaban J connectivity index is 3.42. The molecule has 4 heteroatoms. The molecule has 72 valence electrons. The molecular formula is C8H20N4. The topological polar surface area (TPSA) is 53.3 Å². The summed E-state index contributed by atoms with van der Waals surface area (Å²) in [6.07, 6.45) is 3.95. The smallest absolute Gasteiger partial charge is 0.0181 e. The molecule has 0 aromatic carbocycles. The van der Waals surface area contributed by atoms with Crippen LogP contribution in [0.5, 0.6) is 0 Å². The van der Waals surface area contributed by atoms with E-state index < -0.39 is 0 Å². The van der Waals surface area contributed by atoms with Crippen LogP contribution in [0.25, 0.3) is 0 Å². The standard InChI is InChI=1S/C8H20N4/c1-3-12(8-5-9)7-4-6-11-10-2/h4,6,10-11H,3,5,7-9H2,1-2H3/b6-4+. The number of hydrogen-bond donors (Lipinski definition) is 3. The van der Waals surface area contributed by atoms with Crippen LogP contribution >= 0.6 is 0 Å². The highest BCUT2D eigenvalue weighted by Gasteiger charge is 1.95. The molecule has 0 aliphatic rings. The first kappa shape index (κ1) is 11.4. The van der Waals surface area contributed by atoms with Crippen molar-refractivity contribution in [1.82, 2.24) is 15.8 Å². The van der Waals surface area contributed by atoms with Crippen LogP contribution in [0.2, 0.25) is 0 Å². The summed E-state index contributed by atoms with van der Waals surface area (Å²) < 4.78 is 0. The first-order valence-electron chi connectivity index (χ1n) is 4.34. The quantitative estimate of drug-likeness (QED) is 0.453. The second-order valence-electron chi connectivity index (χ2n) is 2.48. The van der Waals surface area contributed by atoms with Crippen molar-refractivity contribution in [3.63, 3.8) is 0 Å². The van der Waals surface area contributed by atoms with E-state index in [1.807, 2.05) is 13.2 Å². The normalized spacial score (nSPS) is 11.3. The molecule has 0 unspecified atom stereocenters. The van der Waals surface area contributed by atoms with E-state index >= 15 is 0 Å². The molecule has 0 heterocycles. The Morgan fingerprint density at radius 2 is 2.25 bits per heavy atom. The van der Waals surface area contributed by atoms with Crippen molar-refractivity contribution in [2.75, 3.05) is 33.2 Å². The lowest BCUT2D eigenvalue weighted by molar-refractivity contribution is 0.328. The average Bonchev–Trinajstić information content (AvgIpc) is 2.10. The first-order valence-corrected chi connectivity index (χ1v) is 4.34. The molecule has 0 bridgehead atoms. The van der Waals surface area contributed by atoms with E-state index in [9.17, 15) is 0 Å². The van der Waals surface area contributed by atoms with Crippen molar-refractivity contribution in [1.29, 1.82) is 0 Å². The van der Waals surface area contributed by atoms with Crippen molar-refractivity contribution < 1.29 is 0 Å². The summed E-state index contributed by atoms with van der Waals surface area (Å²) in [4.78, 5) is 2.27. The van der Waals surface area contributed by atoms with Crippen molar-refractivity contribution in [3.8, 4) is 0 Å². The molecule has 4 N–H and O–H groups in total. The van der Waals surface area contributed by atoms with Gasteiger partial charge in [-0.15, -0.1) is 0 Å². The van der Waals surface area contributed by atoms with E-state index in [0.29, 0.717) is 0 Å². The van der Waals surface area contributed by atoms with Crippen LogP contribution in [-0.2, 0) is 0 Å². The third-order valence-electron chi connectivity index (χ3n) is 1.60.